The van der Waals surface area contributed by atoms with Crippen molar-refractivity contribution < 1.29 is 9.59 Å². The summed E-state index contributed by atoms with van der Waals surface area (Å²) in [6.07, 6.45) is 0.630. The molecule has 0 saturated carbocycles. The van der Waals surface area contributed by atoms with Gasteiger partial charge >= 0.3 is 0 Å². The largest absolute Gasteiger partial charge is 0.330 e. The van der Waals surface area contributed by atoms with Gasteiger partial charge in [0, 0.05) is 6.54 Å². The van der Waals surface area contributed by atoms with Gasteiger partial charge in [-0.1, -0.05) is 24.3 Å². The molecule has 2 aromatic rings. The van der Waals surface area contributed by atoms with E-state index in [1.165, 1.54) is 4.90 Å². The molecule has 19 heavy (non-hydrogen) atoms. The lowest BCUT2D eigenvalue weighted by Crippen LogP contribution is -2.31. The number of amides is 2. The van der Waals surface area contributed by atoms with Crippen LogP contribution in [0.25, 0.3) is 10.8 Å². The van der Waals surface area contributed by atoms with Crippen LogP contribution in [0.4, 0.5) is 0 Å². The average molecular weight is 254 g/mol. The summed E-state index contributed by atoms with van der Waals surface area (Å²) in [6.45, 7) is 0.856. The molecule has 4 nitrogen and oxygen atoms in total. The minimum Gasteiger partial charge on any atom is -0.330 e. The van der Waals surface area contributed by atoms with E-state index in [9.17, 15) is 9.59 Å². The summed E-state index contributed by atoms with van der Waals surface area (Å²) in [5, 5.41) is 1.95. The van der Waals surface area contributed by atoms with Crippen LogP contribution in [0.15, 0.2) is 36.4 Å². The highest BCUT2D eigenvalue weighted by Gasteiger charge is 2.35. The Morgan fingerprint density at radius 3 is 1.95 bits per heavy atom. The third-order valence-electron chi connectivity index (χ3n) is 3.42. The Morgan fingerprint density at radius 2 is 1.47 bits per heavy atom. The first-order valence-electron chi connectivity index (χ1n) is 6.31. The molecule has 0 fully saturated rings. The van der Waals surface area contributed by atoms with Gasteiger partial charge in [0.1, 0.15) is 0 Å². The summed E-state index contributed by atoms with van der Waals surface area (Å²) >= 11 is 0. The molecule has 4 heteroatoms. The Bertz CT molecular complexity index is 624. The van der Waals surface area contributed by atoms with Crippen LogP contribution >= 0.6 is 0 Å². The fourth-order valence-corrected chi connectivity index (χ4v) is 2.43. The Hall–Kier alpha value is -2.20. The van der Waals surface area contributed by atoms with E-state index < -0.39 is 0 Å². The van der Waals surface area contributed by atoms with Crippen molar-refractivity contribution in [2.45, 2.75) is 6.42 Å². The predicted molar refractivity (Wildman–Crippen MR) is 73.0 cm³/mol. The summed E-state index contributed by atoms with van der Waals surface area (Å²) in [6, 6.07) is 11.3. The molecule has 3 rings (SSSR count). The van der Waals surface area contributed by atoms with Crippen molar-refractivity contribution in [2.24, 2.45) is 5.73 Å². The van der Waals surface area contributed by atoms with Crippen molar-refractivity contribution in [2.75, 3.05) is 13.1 Å². The Labute approximate surface area is 110 Å². The lowest BCUT2D eigenvalue weighted by molar-refractivity contribution is 0.0653. The molecule has 0 unspecified atom stereocenters. The van der Waals surface area contributed by atoms with Gasteiger partial charge in [0.15, 0.2) is 0 Å². The van der Waals surface area contributed by atoms with Crippen LogP contribution in [0.1, 0.15) is 27.1 Å². The van der Waals surface area contributed by atoms with Gasteiger partial charge in [-0.3, -0.25) is 14.5 Å². The minimum atomic E-state index is -0.209. The summed E-state index contributed by atoms with van der Waals surface area (Å²) in [4.78, 5) is 25.7. The lowest BCUT2D eigenvalue weighted by atomic mass is 10.0. The molecule has 0 bridgehead atoms. The first kappa shape index (κ1) is 11.9. The fourth-order valence-electron chi connectivity index (χ4n) is 2.43. The van der Waals surface area contributed by atoms with Gasteiger partial charge in [0.25, 0.3) is 11.8 Å². The molecule has 0 aromatic heterocycles. The Balaban J connectivity index is 2.08. The molecule has 0 spiro atoms. The number of nitrogens with zero attached hydrogens (tertiary/aromatic N) is 1. The Morgan fingerprint density at radius 1 is 0.947 bits per heavy atom. The van der Waals surface area contributed by atoms with Crippen molar-refractivity contribution in [1.82, 2.24) is 4.90 Å². The molecule has 0 saturated heterocycles. The fraction of sp³-hybridized carbons (Fsp3) is 0.200. The lowest BCUT2D eigenvalue weighted by Gasteiger charge is -2.12. The second-order valence-corrected chi connectivity index (χ2v) is 4.65. The third-order valence-corrected chi connectivity index (χ3v) is 3.42. The number of benzene rings is 2. The van der Waals surface area contributed by atoms with E-state index >= 15 is 0 Å². The quantitative estimate of drug-likeness (QED) is 0.849. The molecule has 2 amide bonds. The highest BCUT2D eigenvalue weighted by molar-refractivity contribution is 6.23. The number of carbonyl (C=O) groups is 2. The van der Waals surface area contributed by atoms with Crippen molar-refractivity contribution in [1.29, 1.82) is 0 Å². The van der Waals surface area contributed by atoms with E-state index in [-0.39, 0.29) is 11.8 Å². The molecule has 1 heterocycles. The maximum atomic E-state index is 12.2. The number of hydrogen-bond donors (Lipinski definition) is 1. The molecule has 0 radical (unpaired) electrons. The maximum Gasteiger partial charge on any atom is 0.261 e. The standard InChI is InChI=1S/C15H14N2O2/c16-6-3-7-17-14(18)12-8-10-4-1-2-5-11(10)9-13(12)15(17)19/h1-2,4-5,8-9H,3,6-7,16H2. The van der Waals surface area contributed by atoms with Crippen LogP contribution < -0.4 is 5.73 Å². The predicted octanol–water partition coefficient (Wildman–Crippen LogP) is 1.78. The first-order chi connectivity index (χ1) is 9.22. The smallest absolute Gasteiger partial charge is 0.261 e. The maximum absolute atomic E-state index is 12.2. The Kier molecular flexibility index (Phi) is 2.80. The van der Waals surface area contributed by atoms with Crippen LogP contribution in [0.2, 0.25) is 0 Å². The van der Waals surface area contributed by atoms with E-state index in [0.29, 0.717) is 30.6 Å². The van der Waals surface area contributed by atoms with Crippen LogP contribution in [0.5, 0.6) is 0 Å². The summed E-state index contributed by atoms with van der Waals surface area (Å²) < 4.78 is 0. The minimum absolute atomic E-state index is 0.209. The SMILES string of the molecule is NCCCN1C(=O)c2cc3ccccc3cc2C1=O. The zero-order valence-electron chi connectivity index (χ0n) is 10.4. The normalized spacial score (nSPS) is 14.3. The summed E-state index contributed by atoms with van der Waals surface area (Å²) in [7, 11) is 0. The van der Waals surface area contributed by atoms with Crippen LogP contribution in [0.3, 0.4) is 0 Å². The van der Waals surface area contributed by atoms with Gasteiger partial charge in [-0.2, -0.15) is 0 Å². The molecule has 2 aromatic carbocycles. The molecule has 1 aliphatic heterocycles. The highest BCUT2D eigenvalue weighted by atomic mass is 16.2. The number of nitrogens with two attached hydrogens (primary N) is 1. The molecule has 2 N–H and O–H groups in total. The monoisotopic (exact) mass is 254 g/mol. The van der Waals surface area contributed by atoms with Crippen molar-refractivity contribution >= 4 is 22.6 Å². The van der Waals surface area contributed by atoms with E-state index in [4.69, 9.17) is 5.73 Å². The van der Waals surface area contributed by atoms with Crippen molar-refractivity contribution in [3.63, 3.8) is 0 Å². The van der Waals surface area contributed by atoms with Crippen LogP contribution in [-0.2, 0) is 0 Å². The molecule has 0 atom stereocenters. The van der Waals surface area contributed by atoms with Gasteiger partial charge in [-0.25, -0.2) is 0 Å². The zero-order valence-corrected chi connectivity index (χ0v) is 10.4. The second-order valence-electron chi connectivity index (χ2n) is 4.65. The number of hydrogen-bond acceptors (Lipinski definition) is 3. The van der Waals surface area contributed by atoms with Gasteiger partial charge < -0.3 is 5.73 Å². The summed E-state index contributed by atoms with van der Waals surface area (Å²) in [5.74, 6) is -0.418. The van der Waals surface area contributed by atoms with E-state index in [1.54, 1.807) is 12.1 Å². The molecule has 0 aliphatic carbocycles. The van der Waals surface area contributed by atoms with Gasteiger partial charge in [0.05, 0.1) is 11.1 Å². The molecular formula is C15H14N2O2. The topological polar surface area (TPSA) is 63.4 Å². The number of carbonyl (C=O) groups excluding carboxylic acids is 2. The van der Waals surface area contributed by atoms with Crippen LogP contribution in [-0.4, -0.2) is 29.8 Å². The van der Waals surface area contributed by atoms with Crippen molar-refractivity contribution in [3.05, 3.63) is 47.5 Å². The first-order valence-corrected chi connectivity index (χ1v) is 6.31. The summed E-state index contributed by atoms with van der Waals surface area (Å²) in [5.41, 5.74) is 6.44. The van der Waals surface area contributed by atoms with Gasteiger partial charge in [-0.05, 0) is 35.9 Å². The average Bonchev–Trinajstić information content (AvgIpc) is 2.67. The van der Waals surface area contributed by atoms with Crippen LogP contribution in [0, 0.1) is 0 Å². The van der Waals surface area contributed by atoms with Crippen molar-refractivity contribution in [3.8, 4) is 0 Å². The third kappa shape index (κ3) is 1.81. The number of rotatable bonds is 3. The van der Waals surface area contributed by atoms with E-state index in [0.717, 1.165) is 10.8 Å². The highest BCUT2D eigenvalue weighted by Crippen LogP contribution is 2.27. The number of fused-ring (bicyclic) bond motifs is 2. The van der Waals surface area contributed by atoms with E-state index in [2.05, 4.69) is 0 Å². The van der Waals surface area contributed by atoms with Gasteiger partial charge in [0.2, 0.25) is 0 Å². The van der Waals surface area contributed by atoms with Gasteiger partial charge in [-0.15, -0.1) is 0 Å². The molecular weight excluding hydrogens is 240 g/mol. The second kappa shape index (κ2) is 4.48. The number of imide groups is 1. The van der Waals surface area contributed by atoms with E-state index in [1.807, 2.05) is 24.3 Å². The molecule has 96 valence electrons. The molecule has 1 aliphatic rings. The zero-order chi connectivity index (χ0) is 13.4.